The highest BCUT2D eigenvalue weighted by Gasteiger charge is 2.00. The minimum Gasteiger partial charge on any atom is -0.303 e. The van der Waals surface area contributed by atoms with Gasteiger partial charge in [-0.3, -0.25) is 4.79 Å². The number of hydrogen-bond donors (Lipinski definition) is 0. The quantitative estimate of drug-likeness (QED) is 0.543. The largest absolute Gasteiger partial charge is 0.303 e. The molecule has 0 atom stereocenters. The van der Waals surface area contributed by atoms with Crippen molar-refractivity contribution in [3.05, 3.63) is 41.5 Å². The number of carbonyl (C=O) groups is 2. The van der Waals surface area contributed by atoms with Gasteiger partial charge in [0.25, 0.3) is 0 Å². The molecule has 0 aliphatic carbocycles. The van der Waals surface area contributed by atoms with E-state index in [1.165, 1.54) is 0 Å². The van der Waals surface area contributed by atoms with Gasteiger partial charge in [0.1, 0.15) is 6.29 Å². The zero-order valence-corrected chi connectivity index (χ0v) is 8.77. The molecule has 1 rings (SSSR count). The van der Waals surface area contributed by atoms with Crippen LogP contribution in [-0.4, -0.2) is 12.1 Å². The van der Waals surface area contributed by atoms with Gasteiger partial charge >= 0.3 is 0 Å². The smallest absolute Gasteiger partial charge is 0.162 e. The third-order valence-corrected chi connectivity index (χ3v) is 2.10. The van der Waals surface area contributed by atoms with Crippen molar-refractivity contribution in [2.24, 2.45) is 0 Å². The summed E-state index contributed by atoms with van der Waals surface area (Å²) in [4.78, 5) is 21.4. The molecule has 2 nitrogen and oxygen atoms in total. The van der Waals surface area contributed by atoms with E-state index in [9.17, 15) is 9.59 Å². The van der Waals surface area contributed by atoms with Crippen molar-refractivity contribution in [2.75, 3.05) is 0 Å². The lowest BCUT2D eigenvalue weighted by atomic mass is 10.1. The third kappa shape index (κ3) is 3.50. The van der Waals surface area contributed by atoms with E-state index in [1.54, 1.807) is 6.08 Å². The molecule has 15 heavy (non-hydrogen) atoms. The number of Topliss-reactive ketones (excluding diaryl/α,β-unsaturated/α-hetero) is 1. The van der Waals surface area contributed by atoms with Crippen LogP contribution in [0.2, 0.25) is 0 Å². The van der Waals surface area contributed by atoms with Crippen molar-refractivity contribution in [1.82, 2.24) is 0 Å². The lowest BCUT2D eigenvalue weighted by Crippen LogP contribution is -1.95. The number of aldehydes is 1. The molecular formula is C13H14O2. The lowest BCUT2D eigenvalue weighted by molar-refractivity contribution is -0.107. The first-order chi connectivity index (χ1) is 7.27. The molecule has 0 N–H and O–H groups in total. The fourth-order valence-electron chi connectivity index (χ4n) is 1.24. The van der Waals surface area contributed by atoms with Gasteiger partial charge in [0.05, 0.1) is 0 Å². The molecule has 78 valence electrons. The second-order valence-corrected chi connectivity index (χ2v) is 3.20. The summed E-state index contributed by atoms with van der Waals surface area (Å²) in [5.41, 5.74) is 1.74. The Balaban J connectivity index is 2.72. The molecule has 0 saturated heterocycles. The van der Waals surface area contributed by atoms with Crippen molar-refractivity contribution in [1.29, 1.82) is 0 Å². The van der Waals surface area contributed by atoms with Gasteiger partial charge in [-0.25, -0.2) is 0 Å². The Morgan fingerprint density at radius 3 is 2.47 bits per heavy atom. The molecule has 0 fully saturated rings. The van der Waals surface area contributed by atoms with Gasteiger partial charge in [-0.2, -0.15) is 0 Å². The van der Waals surface area contributed by atoms with E-state index in [0.29, 0.717) is 12.8 Å². The molecule has 0 aromatic heterocycles. The first kappa shape index (κ1) is 11.4. The highest BCUT2D eigenvalue weighted by Crippen LogP contribution is 2.08. The Bertz CT molecular complexity index is 361. The number of carbonyl (C=O) groups excluding carboxylic acids is 2. The van der Waals surface area contributed by atoms with Gasteiger partial charge in [-0.15, -0.1) is 0 Å². The maximum Gasteiger partial charge on any atom is 0.162 e. The van der Waals surface area contributed by atoms with Gasteiger partial charge < -0.3 is 4.79 Å². The van der Waals surface area contributed by atoms with Crippen molar-refractivity contribution < 1.29 is 9.59 Å². The Kier molecular flexibility index (Phi) is 4.48. The minimum atomic E-state index is 0.151. The van der Waals surface area contributed by atoms with E-state index < -0.39 is 0 Å². The van der Waals surface area contributed by atoms with Gasteiger partial charge in [0.15, 0.2) is 5.78 Å². The molecule has 0 amide bonds. The number of benzene rings is 1. The zero-order valence-electron chi connectivity index (χ0n) is 8.77. The van der Waals surface area contributed by atoms with Crippen molar-refractivity contribution in [2.45, 2.75) is 19.8 Å². The fourth-order valence-corrected chi connectivity index (χ4v) is 1.24. The molecule has 1 aromatic carbocycles. The van der Waals surface area contributed by atoms with Crippen molar-refractivity contribution >= 4 is 18.1 Å². The van der Waals surface area contributed by atoms with Gasteiger partial charge in [-0.1, -0.05) is 43.3 Å². The van der Waals surface area contributed by atoms with Crippen LogP contribution in [0.1, 0.15) is 35.7 Å². The van der Waals surface area contributed by atoms with E-state index in [-0.39, 0.29) is 5.78 Å². The van der Waals surface area contributed by atoms with E-state index in [2.05, 4.69) is 0 Å². The van der Waals surface area contributed by atoms with E-state index >= 15 is 0 Å². The van der Waals surface area contributed by atoms with Crippen LogP contribution < -0.4 is 0 Å². The topological polar surface area (TPSA) is 34.1 Å². The molecule has 0 radical (unpaired) electrons. The molecule has 0 heterocycles. The molecule has 0 saturated carbocycles. The van der Waals surface area contributed by atoms with E-state index in [4.69, 9.17) is 0 Å². The van der Waals surface area contributed by atoms with E-state index in [0.717, 1.165) is 17.4 Å². The minimum absolute atomic E-state index is 0.151. The molecule has 1 aromatic rings. The maximum atomic E-state index is 11.3. The number of ketones is 1. The molecule has 0 bridgehead atoms. The van der Waals surface area contributed by atoms with E-state index in [1.807, 2.05) is 37.3 Å². The van der Waals surface area contributed by atoms with Crippen LogP contribution in [0.25, 0.3) is 6.08 Å². The number of rotatable bonds is 5. The predicted octanol–water partition coefficient (Wildman–Crippen LogP) is 2.88. The van der Waals surface area contributed by atoms with Gasteiger partial charge in [0.2, 0.25) is 0 Å². The molecule has 0 spiro atoms. The SMILES string of the molecule is CCC(=O)c1ccc(C=CCC=O)cc1. The Hall–Kier alpha value is -1.70. The average molecular weight is 202 g/mol. The predicted molar refractivity (Wildman–Crippen MR) is 60.8 cm³/mol. The Labute approximate surface area is 89.6 Å². The molecule has 0 aliphatic rings. The van der Waals surface area contributed by atoms with Crippen LogP contribution in [0.15, 0.2) is 30.3 Å². The summed E-state index contributed by atoms with van der Waals surface area (Å²) in [6.07, 6.45) is 5.47. The maximum absolute atomic E-state index is 11.3. The van der Waals surface area contributed by atoms with Crippen LogP contribution in [-0.2, 0) is 4.79 Å². The summed E-state index contributed by atoms with van der Waals surface area (Å²) in [7, 11) is 0. The zero-order chi connectivity index (χ0) is 11.1. The van der Waals surface area contributed by atoms with Gasteiger partial charge in [0, 0.05) is 18.4 Å². The first-order valence-corrected chi connectivity index (χ1v) is 5.01. The highest BCUT2D eigenvalue weighted by molar-refractivity contribution is 5.95. The third-order valence-electron chi connectivity index (χ3n) is 2.10. The van der Waals surface area contributed by atoms with Crippen LogP contribution in [0, 0.1) is 0 Å². The summed E-state index contributed by atoms with van der Waals surface area (Å²) >= 11 is 0. The van der Waals surface area contributed by atoms with Crippen molar-refractivity contribution in [3.63, 3.8) is 0 Å². The van der Waals surface area contributed by atoms with Gasteiger partial charge in [-0.05, 0) is 5.56 Å². The Morgan fingerprint density at radius 1 is 1.27 bits per heavy atom. The summed E-state index contributed by atoms with van der Waals surface area (Å²) in [6.45, 7) is 1.85. The molecule has 2 heteroatoms. The summed E-state index contributed by atoms with van der Waals surface area (Å²) in [5, 5.41) is 0. The molecular weight excluding hydrogens is 188 g/mol. The summed E-state index contributed by atoms with van der Waals surface area (Å²) < 4.78 is 0. The second-order valence-electron chi connectivity index (χ2n) is 3.20. The number of allylic oxidation sites excluding steroid dienone is 1. The normalized spacial score (nSPS) is 10.5. The van der Waals surface area contributed by atoms with Crippen LogP contribution in [0.5, 0.6) is 0 Å². The summed E-state index contributed by atoms with van der Waals surface area (Å²) in [6, 6.07) is 7.38. The monoisotopic (exact) mass is 202 g/mol. The standard InChI is InChI=1S/C13H14O2/c1-2-13(15)12-8-6-11(7-9-12)5-3-4-10-14/h3,5-10H,2,4H2,1H3. The van der Waals surface area contributed by atoms with Crippen molar-refractivity contribution in [3.8, 4) is 0 Å². The van der Waals surface area contributed by atoms with Crippen LogP contribution in [0.4, 0.5) is 0 Å². The summed E-state index contributed by atoms with van der Waals surface area (Å²) in [5.74, 6) is 0.151. The highest BCUT2D eigenvalue weighted by atomic mass is 16.1. The van der Waals surface area contributed by atoms with Crippen LogP contribution >= 0.6 is 0 Å². The fraction of sp³-hybridized carbons (Fsp3) is 0.231. The number of hydrogen-bond acceptors (Lipinski definition) is 2. The molecule has 0 aliphatic heterocycles. The second kappa shape index (κ2) is 5.91. The van der Waals surface area contributed by atoms with Crippen LogP contribution in [0.3, 0.4) is 0 Å². The Morgan fingerprint density at radius 2 is 1.93 bits per heavy atom. The lowest BCUT2D eigenvalue weighted by Gasteiger charge is -1.98. The average Bonchev–Trinajstić information content (AvgIpc) is 2.29. The first-order valence-electron chi connectivity index (χ1n) is 5.01. The molecule has 0 unspecified atom stereocenters.